The van der Waals surface area contributed by atoms with Gasteiger partial charge in [0, 0.05) is 3.57 Å². The Labute approximate surface area is 158 Å². The van der Waals surface area contributed by atoms with Gasteiger partial charge in [-0.15, -0.1) is 0 Å². The number of nitrogens with one attached hydrogen (secondary N) is 1. The van der Waals surface area contributed by atoms with E-state index in [2.05, 4.69) is 40.9 Å². The largest absolute Gasteiger partial charge is 0.461 e. The molecule has 2 amide bonds. The van der Waals surface area contributed by atoms with Crippen molar-refractivity contribution >= 4 is 40.4 Å². The predicted octanol–water partition coefficient (Wildman–Crippen LogP) is 3.02. The summed E-state index contributed by atoms with van der Waals surface area (Å²) in [6, 6.07) is 10.9. The highest BCUT2D eigenvalue weighted by atomic mass is 127. The normalized spacial score (nSPS) is 12.7. The first-order chi connectivity index (χ1) is 12.0. The Hall–Kier alpha value is -2.22. The van der Waals surface area contributed by atoms with E-state index in [1.807, 2.05) is 12.1 Å². The van der Waals surface area contributed by atoms with Crippen LogP contribution in [0.5, 0.6) is 0 Å². The Morgan fingerprint density at radius 3 is 2.64 bits per heavy atom. The first-order valence-electron chi connectivity index (χ1n) is 7.90. The van der Waals surface area contributed by atoms with Crippen molar-refractivity contribution in [3.8, 4) is 0 Å². The van der Waals surface area contributed by atoms with E-state index in [1.54, 1.807) is 18.2 Å². The Morgan fingerprint density at radius 1 is 1.08 bits per heavy atom. The highest BCUT2D eigenvalue weighted by Crippen LogP contribution is 2.21. The van der Waals surface area contributed by atoms with Crippen molar-refractivity contribution in [2.24, 2.45) is 0 Å². The molecule has 5 nitrogen and oxygen atoms in total. The van der Waals surface area contributed by atoms with Crippen LogP contribution in [-0.2, 0) is 29.0 Å². The average Bonchev–Trinajstić information content (AvgIpc) is 2.89. The lowest BCUT2D eigenvalue weighted by atomic mass is 10.0. The highest BCUT2D eigenvalue weighted by molar-refractivity contribution is 14.1. The van der Waals surface area contributed by atoms with Crippen LogP contribution >= 0.6 is 22.6 Å². The average molecular weight is 449 g/mol. The second-order valence-corrected chi connectivity index (χ2v) is 6.97. The van der Waals surface area contributed by atoms with E-state index < -0.39 is 17.8 Å². The summed E-state index contributed by atoms with van der Waals surface area (Å²) in [5.41, 5.74) is 3.20. The fourth-order valence-corrected chi connectivity index (χ4v) is 3.42. The number of halogens is 1. The van der Waals surface area contributed by atoms with Crippen molar-refractivity contribution in [3.05, 3.63) is 67.8 Å². The number of esters is 1. The Kier molecular flexibility index (Phi) is 5.17. The highest BCUT2D eigenvalue weighted by Gasteiger charge is 2.29. The summed E-state index contributed by atoms with van der Waals surface area (Å²) in [4.78, 5) is 35.8. The summed E-state index contributed by atoms with van der Waals surface area (Å²) in [7, 11) is 0. The van der Waals surface area contributed by atoms with E-state index in [4.69, 9.17) is 4.74 Å². The van der Waals surface area contributed by atoms with Crippen LogP contribution in [0.1, 0.15) is 44.3 Å². The molecule has 0 atom stereocenters. The summed E-state index contributed by atoms with van der Waals surface area (Å²) in [5.74, 6) is -1.32. The van der Waals surface area contributed by atoms with Crippen LogP contribution in [0.4, 0.5) is 0 Å². The maximum atomic E-state index is 12.2. The van der Waals surface area contributed by atoms with Crippen LogP contribution in [0.15, 0.2) is 36.4 Å². The molecule has 1 aliphatic heterocycles. The molecule has 0 spiro atoms. The van der Waals surface area contributed by atoms with Gasteiger partial charge in [-0.1, -0.05) is 25.1 Å². The van der Waals surface area contributed by atoms with Crippen molar-refractivity contribution in [2.75, 3.05) is 0 Å². The number of amides is 2. The molecule has 1 N–H and O–H groups in total. The molecule has 2 aromatic rings. The molecular formula is C19H16INO4. The number of fused-ring (bicyclic) bond motifs is 1. The van der Waals surface area contributed by atoms with Crippen LogP contribution in [0.3, 0.4) is 0 Å². The van der Waals surface area contributed by atoms with Gasteiger partial charge in [0.05, 0.1) is 17.5 Å². The lowest BCUT2D eigenvalue weighted by Gasteiger charge is -2.10. The van der Waals surface area contributed by atoms with E-state index in [0.29, 0.717) is 11.1 Å². The van der Waals surface area contributed by atoms with Gasteiger partial charge < -0.3 is 4.74 Å². The second-order valence-electron chi connectivity index (χ2n) is 5.73. The first-order valence-corrected chi connectivity index (χ1v) is 8.98. The monoisotopic (exact) mass is 449 g/mol. The number of hydrogen-bond acceptors (Lipinski definition) is 4. The van der Waals surface area contributed by atoms with E-state index in [-0.39, 0.29) is 18.6 Å². The van der Waals surface area contributed by atoms with Gasteiger partial charge in [-0.3, -0.25) is 19.7 Å². The zero-order valence-electron chi connectivity index (χ0n) is 13.6. The molecule has 2 aromatic carbocycles. The third kappa shape index (κ3) is 3.73. The molecule has 6 heteroatoms. The summed E-state index contributed by atoms with van der Waals surface area (Å²) >= 11 is 2.25. The molecule has 0 aliphatic carbocycles. The fourth-order valence-electron chi connectivity index (χ4n) is 2.87. The van der Waals surface area contributed by atoms with Gasteiger partial charge >= 0.3 is 5.97 Å². The van der Waals surface area contributed by atoms with Gasteiger partial charge in [-0.25, -0.2) is 0 Å². The molecule has 0 saturated carbocycles. The summed E-state index contributed by atoms with van der Waals surface area (Å²) < 4.78 is 6.52. The number of carbonyl (C=O) groups excluding carboxylic acids is 3. The SMILES string of the molecule is CCc1cc(I)ccc1COC(=O)Cc1cccc2c1C(=O)NC2=O. The molecule has 0 aromatic heterocycles. The quantitative estimate of drug-likeness (QED) is 0.433. The number of benzene rings is 2. The van der Waals surface area contributed by atoms with E-state index in [1.165, 1.54) is 0 Å². The fraction of sp³-hybridized carbons (Fsp3) is 0.211. The van der Waals surface area contributed by atoms with Gasteiger partial charge in [-0.2, -0.15) is 0 Å². The molecule has 0 bridgehead atoms. The molecule has 0 fully saturated rings. The third-order valence-electron chi connectivity index (χ3n) is 4.12. The van der Waals surface area contributed by atoms with Crippen LogP contribution in [0.25, 0.3) is 0 Å². The standard InChI is InChI=1S/C19H16INO4/c1-2-11-8-14(20)7-6-13(11)10-25-16(22)9-12-4-3-5-15-17(12)19(24)21-18(15)23/h3-8H,2,9-10H2,1H3,(H,21,23,24). The smallest absolute Gasteiger partial charge is 0.310 e. The molecule has 3 rings (SSSR count). The van der Waals surface area contributed by atoms with Crippen molar-refractivity contribution in [1.82, 2.24) is 5.32 Å². The van der Waals surface area contributed by atoms with Gasteiger partial charge in [0.25, 0.3) is 11.8 Å². The van der Waals surface area contributed by atoms with Crippen LogP contribution in [0, 0.1) is 3.57 Å². The maximum Gasteiger partial charge on any atom is 0.310 e. The Bertz CT molecular complexity index is 876. The topological polar surface area (TPSA) is 72.5 Å². The van der Waals surface area contributed by atoms with E-state index in [0.717, 1.165) is 21.1 Å². The van der Waals surface area contributed by atoms with Gasteiger partial charge in [0.15, 0.2) is 0 Å². The second kappa shape index (κ2) is 7.35. The van der Waals surface area contributed by atoms with Crippen molar-refractivity contribution in [2.45, 2.75) is 26.4 Å². The minimum Gasteiger partial charge on any atom is -0.461 e. The van der Waals surface area contributed by atoms with Gasteiger partial charge in [0.1, 0.15) is 6.61 Å². The minimum absolute atomic E-state index is 0.0459. The third-order valence-corrected chi connectivity index (χ3v) is 4.79. The summed E-state index contributed by atoms with van der Waals surface area (Å²) in [6.45, 7) is 2.25. The van der Waals surface area contributed by atoms with E-state index in [9.17, 15) is 14.4 Å². The molecule has 25 heavy (non-hydrogen) atoms. The number of hydrogen-bond donors (Lipinski definition) is 1. The number of imide groups is 1. The molecule has 0 radical (unpaired) electrons. The number of rotatable bonds is 5. The summed E-state index contributed by atoms with van der Waals surface area (Å²) in [6.07, 6.45) is 0.813. The van der Waals surface area contributed by atoms with Crippen LogP contribution in [0.2, 0.25) is 0 Å². The van der Waals surface area contributed by atoms with Crippen molar-refractivity contribution < 1.29 is 19.1 Å². The maximum absolute atomic E-state index is 12.2. The van der Waals surface area contributed by atoms with E-state index >= 15 is 0 Å². The minimum atomic E-state index is -0.464. The zero-order chi connectivity index (χ0) is 18.0. The van der Waals surface area contributed by atoms with Gasteiger partial charge in [0.2, 0.25) is 0 Å². The van der Waals surface area contributed by atoms with Crippen molar-refractivity contribution in [3.63, 3.8) is 0 Å². The number of ether oxygens (including phenoxy) is 1. The van der Waals surface area contributed by atoms with Crippen LogP contribution in [-0.4, -0.2) is 17.8 Å². The zero-order valence-corrected chi connectivity index (χ0v) is 15.8. The van der Waals surface area contributed by atoms with Crippen molar-refractivity contribution in [1.29, 1.82) is 0 Å². The molecule has 0 unspecified atom stereocenters. The lowest BCUT2D eigenvalue weighted by Crippen LogP contribution is -2.20. The molecule has 128 valence electrons. The molecule has 0 saturated heterocycles. The number of carbonyl (C=O) groups is 3. The molecule has 1 aliphatic rings. The number of aryl methyl sites for hydroxylation is 1. The lowest BCUT2D eigenvalue weighted by molar-refractivity contribution is -0.144. The molecule has 1 heterocycles. The first kappa shape index (κ1) is 17.6. The Morgan fingerprint density at radius 2 is 1.88 bits per heavy atom. The van der Waals surface area contributed by atoms with Crippen LogP contribution < -0.4 is 5.32 Å². The predicted molar refractivity (Wildman–Crippen MR) is 100 cm³/mol. The molecular weight excluding hydrogens is 433 g/mol. The van der Waals surface area contributed by atoms with Gasteiger partial charge in [-0.05, 0) is 63.9 Å². The Balaban J connectivity index is 1.71. The summed E-state index contributed by atoms with van der Waals surface area (Å²) in [5, 5.41) is 2.24.